The number of ether oxygens (including phenoxy) is 1. The van der Waals surface area contributed by atoms with Crippen LogP contribution in [0.1, 0.15) is 5.56 Å². The van der Waals surface area contributed by atoms with Crippen LogP contribution in [0.3, 0.4) is 0 Å². The number of halogens is 2. The minimum atomic E-state index is -1.23. The van der Waals surface area contributed by atoms with Crippen molar-refractivity contribution in [2.75, 3.05) is 7.11 Å². The van der Waals surface area contributed by atoms with Gasteiger partial charge in [-0.3, -0.25) is 4.21 Å². The molecule has 0 spiro atoms. The molecule has 0 heterocycles. The molecule has 1 atom stereocenters. The molecule has 0 aliphatic carbocycles. The Hall–Kier alpha value is -1.20. The molecular formula is C14H12BrFO2S. The highest BCUT2D eigenvalue weighted by molar-refractivity contribution is 9.10. The fraction of sp³-hybridized carbons (Fsp3) is 0.143. The summed E-state index contributed by atoms with van der Waals surface area (Å²) in [6, 6.07) is 11.3. The van der Waals surface area contributed by atoms with Gasteiger partial charge in [-0.2, -0.15) is 0 Å². The summed E-state index contributed by atoms with van der Waals surface area (Å²) in [5.74, 6) is 0.688. The van der Waals surface area contributed by atoms with E-state index in [1.807, 2.05) is 18.2 Å². The summed E-state index contributed by atoms with van der Waals surface area (Å²) in [7, 11) is 0.347. The van der Waals surface area contributed by atoms with Crippen LogP contribution in [0.4, 0.5) is 4.39 Å². The Morgan fingerprint density at radius 2 is 1.89 bits per heavy atom. The normalized spacial score (nSPS) is 12.2. The predicted molar refractivity (Wildman–Crippen MR) is 77.2 cm³/mol. The van der Waals surface area contributed by atoms with Crippen molar-refractivity contribution in [2.24, 2.45) is 0 Å². The van der Waals surface area contributed by atoms with Crippen molar-refractivity contribution in [3.8, 4) is 5.75 Å². The van der Waals surface area contributed by atoms with Gasteiger partial charge in [-0.15, -0.1) is 0 Å². The summed E-state index contributed by atoms with van der Waals surface area (Å²) in [5, 5.41) is 0. The molecule has 0 radical (unpaired) electrons. The average Bonchev–Trinajstić information content (AvgIpc) is 2.39. The van der Waals surface area contributed by atoms with E-state index in [9.17, 15) is 8.60 Å². The van der Waals surface area contributed by atoms with Crippen LogP contribution in [0.15, 0.2) is 51.8 Å². The van der Waals surface area contributed by atoms with Gasteiger partial charge in [-0.05, 0) is 42.5 Å². The van der Waals surface area contributed by atoms with Gasteiger partial charge >= 0.3 is 0 Å². The Labute approximate surface area is 122 Å². The Bertz CT molecular complexity index is 599. The largest absolute Gasteiger partial charge is 0.496 e. The SMILES string of the molecule is COc1ccc(Br)cc1CS(=O)c1ccc(F)cc1. The van der Waals surface area contributed by atoms with Crippen molar-refractivity contribution in [1.82, 2.24) is 0 Å². The number of rotatable bonds is 4. The Morgan fingerprint density at radius 1 is 1.21 bits per heavy atom. The number of methoxy groups -OCH3 is 1. The zero-order chi connectivity index (χ0) is 13.8. The Kier molecular flexibility index (Phi) is 4.71. The van der Waals surface area contributed by atoms with E-state index >= 15 is 0 Å². The summed E-state index contributed by atoms with van der Waals surface area (Å²) >= 11 is 3.38. The van der Waals surface area contributed by atoms with E-state index in [1.165, 1.54) is 24.3 Å². The second-order valence-corrected chi connectivity index (χ2v) is 6.27. The summed E-state index contributed by atoms with van der Waals surface area (Å²) in [6.07, 6.45) is 0. The standard InChI is InChI=1S/C14H12BrFO2S/c1-18-14-7-2-11(15)8-10(14)9-19(17)13-5-3-12(16)4-6-13/h2-8H,9H2,1H3. The number of benzene rings is 2. The molecule has 0 amide bonds. The topological polar surface area (TPSA) is 26.3 Å². The van der Waals surface area contributed by atoms with E-state index < -0.39 is 10.8 Å². The van der Waals surface area contributed by atoms with E-state index in [4.69, 9.17) is 4.74 Å². The van der Waals surface area contributed by atoms with Crippen molar-refractivity contribution >= 4 is 26.7 Å². The first kappa shape index (κ1) is 14.2. The second kappa shape index (κ2) is 6.30. The third-order valence-corrected chi connectivity index (χ3v) is 4.47. The molecule has 2 rings (SSSR count). The summed E-state index contributed by atoms with van der Waals surface area (Å²) in [4.78, 5) is 0.600. The van der Waals surface area contributed by atoms with Crippen LogP contribution >= 0.6 is 15.9 Å². The van der Waals surface area contributed by atoms with Gasteiger partial charge in [0, 0.05) is 14.9 Å². The van der Waals surface area contributed by atoms with Crippen molar-refractivity contribution < 1.29 is 13.3 Å². The van der Waals surface area contributed by atoms with Crippen LogP contribution < -0.4 is 4.74 Å². The predicted octanol–water partition coefficient (Wildman–Crippen LogP) is 3.90. The molecular weight excluding hydrogens is 331 g/mol. The molecule has 0 aliphatic rings. The fourth-order valence-electron chi connectivity index (χ4n) is 1.67. The van der Waals surface area contributed by atoms with Crippen molar-refractivity contribution in [2.45, 2.75) is 10.6 Å². The summed E-state index contributed by atoms with van der Waals surface area (Å²) < 4.78 is 31.2. The summed E-state index contributed by atoms with van der Waals surface area (Å²) in [6.45, 7) is 0. The minimum absolute atomic E-state index is 0.328. The van der Waals surface area contributed by atoms with E-state index in [1.54, 1.807) is 7.11 Å². The minimum Gasteiger partial charge on any atom is -0.496 e. The molecule has 2 nitrogen and oxygen atoms in total. The second-order valence-electron chi connectivity index (χ2n) is 3.90. The Balaban J connectivity index is 2.23. The van der Waals surface area contributed by atoms with E-state index in [2.05, 4.69) is 15.9 Å². The van der Waals surface area contributed by atoms with Gasteiger partial charge in [0.1, 0.15) is 11.6 Å². The van der Waals surface area contributed by atoms with Crippen LogP contribution in [-0.2, 0) is 16.6 Å². The summed E-state index contributed by atoms with van der Waals surface area (Å²) in [5.41, 5.74) is 0.847. The molecule has 19 heavy (non-hydrogen) atoms. The van der Waals surface area contributed by atoms with E-state index in [0.29, 0.717) is 16.4 Å². The molecule has 2 aromatic carbocycles. The molecule has 0 N–H and O–H groups in total. The Morgan fingerprint density at radius 3 is 2.53 bits per heavy atom. The van der Waals surface area contributed by atoms with Gasteiger partial charge in [0.25, 0.3) is 0 Å². The molecule has 100 valence electrons. The van der Waals surface area contributed by atoms with Gasteiger partial charge in [0.05, 0.1) is 23.7 Å². The molecule has 0 saturated carbocycles. The fourth-order valence-corrected chi connectivity index (χ4v) is 3.19. The first-order valence-electron chi connectivity index (χ1n) is 5.56. The van der Waals surface area contributed by atoms with Crippen LogP contribution in [0.25, 0.3) is 0 Å². The van der Waals surface area contributed by atoms with Crippen LogP contribution in [0, 0.1) is 5.82 Å². The molecule has 0 saturated heterocycles. The lowest BCUT2D eigenvalue weighted by Crippen LogP contribution is -1.99. The van der Waals surface area contributed by atoms with Crippen LogP contribution in [-0.4, -0.2) is 11.3 Å². The van der Waals surface area contributed by atoms with Crippen LogP contribution in [0.2, 0.25) is 0 Å². The molecule has 1 unspecified atom stereocenters. The maximum absolute atomic E-state index is 12.8. The molecule has 0 fully saturated rings. The smallest absolute Gasteiger partial charge is 0.123 e. The van der Waals surface area contributed by atoms with Crippen molar-refractivity contribution in [3.63, 3.8) is 0 Å². The van der Waals surface area contributed by atoms with Crippen molar-refractivity contribution in [3.05, 3.63) is 58.3 Å². The van der Waals surface area contributed by atoms with Gasteiger partial charge < -0.3 is 4.74 Å². The van der Waals surface area contributed by atoms with Crippen molar-refractivity contribution in [1.29, 1.82) is 0 Å². The lowest BCUT2D eigenvalue weighted by atomic mass is 10.2. The number of hydrogen-bond donors (Lipinski definition) is 0. The van der Waals surface area contributed by atoms with Gasteiger partial charge in [-0.25, -0.2) is 4.39 Å². The van der Waals surface area contributed by atoms with Gasteiger partial charge in [0.15, 0.2) is 0 Å². The first-order chi connectivity index (χ1) is 9.10. The highest BCUT2D eigenvalue weighted by Gasteiger charge is 2.10. The zero-order valence-electron chi connectivity index (χ0n) is 10.2. The maximum Gasteiger partial charge on any atom is 0.123 e. The third-order valence-electron chi connectivity index (χ3n) is 2.61. The van der Waals surface area contributed by atoms with E-state index in [0.717, 1.165) is 10.0 Å². The molecule has 0 bridgehead atoms. The quantitative estimate of drug-likeness (QED) is 0.842. The van der Waals surface area contributed by atoms with Crippen LogP contribution in [0.5, 0.6) is 5.75 Å². The maximum atomic E-state index is 12.8. The molecule has 0 aliphatic heterocycles. The lowest BCUT2D eigenvalue weighted by molar-refractivity contribution is 0.411. The first-order valence-corrected chi connectivity index (χ1v) is 7.67. The van der Waals surface area contributed by atoms with E-state index in [-0.39, 0.29) is 5.82 Å². The molecule has 2 aromatic rings. The van der Waals surface area contributed by atoms with Gasteiger partial charge in [-0.1, -0.05) is 15.9 Å². The highest BCUT2D eigenvalue weighted by atomic mass is 79.9. The average molecular weight is 343 g/mol. The molecule has 5 heteroatoms. The third kappa shape index (κ3) is 3.64. The zero-order valence-corrected chi connectivity index (χ0v) is 12.6. The monoisotopic (exact) mass is 342 g/mol. The lowest BCUT2D eigenvalue weighted by Gasteiger charge is -2.09. The number of hydrogen-bond acceptors (Lipinski definition) is 2. The van der Waals surface area contributed by atoms with Gasteiger partial charge in [0.2, 0.25) is 0 Å². The molecule has 0 aromatic heterocycles. The highest BCUT2D eigenvalue weighted by Crippen LogP contribution is 2.25.